The summed E-state index contributed by atoms with van der Waals surface area (Å²) in [5.41, 5.74) is 2.67. The second-order valence-electron chi connectivity index (χ2n) is 7.42. The molecule has 0 amide bonds. The van der Waals surface area contributed by atoms with E-state index < -0.39 is 0 Å². The molecule has 0 aliphatic carbocycles. The molecule has 5 nitrogen and oxygen atoms in total. The molecule has 1 saturated heterocycles. The molecule has 1 aliphatic heterocycles. The lowest BCUT2D eigenvalue weighted by atomic mass is 9.97. The Morgan fingerprint density at radius 1 is 1.23 bits per heavy atom. The van der Waals surface area contributed by atoms with Crippen LogP contribution in [-0.2, 0) is 4.74 Å². The van der Waals surface area contributed by atoms with Gasteiger partial charge in [0.25, 0.3) is 0 Å². The smallest absolute Gasteiger partial charge is 0.191 e. The molecule has 1 aromatic rings. The van der Waals surface area contributed by atoms with Crippen molar-refractivity contribution >= 4 is 5.96 Å². The van der Waals surface area contributed by atoms with Gasteiger partial charge in [0.05, 0.1) is 6.61 Å². The van der Waals surface area contributed by atoms with Gasteiger partial charge in [-0.2, -0.15) is 0 Å². The van der Waals surface area contributed by atoms with Gasteiger partial charge in [-0.1, -0.05) is 36.8 Å². The second kappa shape index (κ2) is 11.2. The zero-order valence-electron chi connectivity index (χ0n) is 16.9. The Bertz CT molecular complexity index is 535. The molecule has 1 aromatic carbocycles. The molecule has 0 bridgehead atoms. The van der Waals surface area contributed by atoms with Gasteiger partial charge in [0.1, 0.15) is 0 Å². The molecule has 5 heteroatoms. The van der Waals surface area contributed by atoms with Crippen LogP contribution in [-0.4, -0.2) is 64.3 Å². The van der Waals surface area contributed by atoms with Crippen molar-refractivity contribution in [1.29, 1.82) is 0 Å². The van der Waals surface area contributed by atoms with Crippen molar-refractivity contribution in [2.24, 2.45) is 10.9 Å². The second-order valence-corrected chi connectivity index (χ2v) is 7.42. The topological polar surface area (TPSA) is 48.9 Å². The molecule has 0 spiro atoms. The number of guanidine groups is 1. The van der Waals surface area contributed by atoms with Crippen LogP contribution in [0.4, 0.5) is 0 Å². The first-order valence-electron chi connectivity index (χ1n) is 9.84. The van der Waals surface area contributed by atoms with Crippen LogP contribution < -0.4 is 10.6 Å². The Balaban J connectivity index is 1.67. The summed E-state index contributed by atoms with van der Waals surface area (Å²) >= 11 is 0. The van der Waals surface area contributed by atoms with Gasteiger partial charge in [0, 0.05) is 33.8 Å². The van der Waals surface area contributed by atoms with Gasteiger partial charge in [0.2, 0.25) is 0 Å². The summed E-state index contributed by atoms with van der Waals surface area (Å²) in [6.07, 6.45) is 2.49. The lowest BCUT2D eigenvalue weighted by Gasteiger charge is -2.32. The summed E-state index contributed by atoms with van der Waals surface area (Å²) in [6, 6.07) is 8.79. The predicted octanol–water partition coefficient (Wildman–Crippen LogP) is 2.62. The SMILES string of the molecule is CN=C(NCC1CCN(CCOC)CC1)NCC(C)c1ccc(C)cc1. The average Bonchev–Trinajstić information content (AvgIpc) is 2.67. The molecule has 1 heterocycles. The first-order valence-corrected chi connectivity index (χ1v) is 9.84. The van der Waals surface area contributed by atoms with Gasteiger partial charge < -0.3 is 20.3 Å². The Morgan fingerprint density at radius 2 is 1.92 bits per heavy atom. The molecule has 2 rings (SSSR count). The lowest BCUT2D eigenvalue weighted by Crippen LogP contribution is -2.44. The van der Waals surface area contributed by atoms with Gasteiger partial charge in [-0.3, -0.25) is 4.99 Å². The quantitative estimate of drug-likeness (QED) is 0.553. The van der Waals surface area contributed by atoms with Crippen LogP contribution in [0, 0.1) is 12.8 Å². The minimum absolute atomic E-state index is 0.457. The van der Waals surface area contributed by atoms with Crippen LogP contribution in [0.1, 0.15) is 36.8 Å². The van der Waals surface area contributed by atoms with E-state index in [9.17, 15) is 0 Å². The largest absolute Gasteiger partial charge is 0.383 e. The van der Waals surface area contributed by atoms with Gasteiger partial charge in [-0.05, 0) is 50.3 Å². The van der Waals surface area contributed by atoms with Crippen molar-refractivity contribution in [3.05, 3.63) is 35.4 Å². The molecule has 1 unspecified atom stereocenters. The van der Waals surface area contributed by atoms with E-state index in [1.165, 1.54) is 37.1 Å². The molecule has 0 saturated carbocycles. The number of aryl methyl sites for hydroxylation is 1. The van der Waals surface area contributed by atoms with Crippen molar-refractivity contribution < 1.29 is 4.74 Å². The molecule has 0 aromatic heterocycles. The molecule has 1 atom stereocenters. The highest BCUT2D eigenvalue weighted by atomic mass is 16.5. The van der Waals surface area contributed by atoms with Crippen LogP contribution in [0.3, 0.4) is 0 Å². The van der Waals surface area contributed by atoms with E-state index in [2.05, 4.69) is 58.6 Å². The minimum Gasteiger partial charge on any atom is -0.383 e. The molecular formula is C21H36N4O. The van der Waals surface area contributed by atoms with Crippen molar-refractivity contribution in [3.8, 4) is 0 Å². The van der Waals surface area contributed by atoms with Crippen LogP contribution in [0.2, 0.25) is 0 Å². The number of nitrogens with zero attached hydrogens (tertiary/aromatic N) is 2. The molecule has 2 N–H and O–H groups in total. The first kappa shape index (κ1) is 20.7. The van der Waals surface area contributed by atoms with E-state index in [0.717, 1.165) is 38.1 Å². The number of benzene rings is 1. The van der Waals surface area contributed by atoms with Crippen LogP contribution in [0.15, 0.2) is 29.3 Å². The number of nitrogens with one attached hydrogen (secondary N) is 2. The maximum atomic E-state index is 5.17. The number of hydrogen-bond donors (Lipinski definition) is 2. The minimum atomic E-state index is 0.457. The van der Waals surface area contributed by atoms with E-state index in [-0.39, 0.29) is 0 Å². The standard InChI is InChI=1S/C21H36N4O/c1-17-5-7-20(8-6-17)18(2)15-23-21(22-3)24-16-19-9-11-25(12-10-19)13-14-26-4/h5-8,18-19H,9-16H2,1-4H3,(H2,22,23,24). The van der Waals surface area contributed by atoms with Gasteiger partial charge in [0.15, 0.2) is 5.96 Å². The van der Waals surface area contributed by atoms with E-state index in [0.29, 0.717) is 5.92 Å². The fourth-order valence-electron chi connectivity index (χ4n) is 3.36. The van der Waals surface area contributed by atoms with E-state index in [1.807, 2.05) is 7.05 Å². The van der Waals surface area contributed by atoms with Gasteiger partial charge >= 0.3 is 0 Å². The van der Waals surface area contributed by atoms with E-state index >= 15 is 0 Å². The monoisotopic (exact) mass is 360 g/mol. The maximum absolute atomic E-state index is 5.17. The third-order valence-corrected chi connectivity index (χ3v) is 5.32. The third kappa shape index (κ3) is 6.96. The number of piperidine rings is 1. The van der Waals surface area contributed by atoms with Gasteiger partial charge in [-0.15, -0.1) is 0 Å². The number of ether oxygens (including phenoxy) is 1. The van der Waals surface area contributed by atoms with E-state index in [4.69, 9.17) is 4.74 Å². The Labute approximate surface area is 159 Å². The summed E-state index contributed by atoms with van der Waals surface area (Å²) in [5.74, 6) is 2.09. The number of aliphatic imine (C=N–C) groups is 1. The van der Waals surface area contributed by atoms with Crippen molar-refractivity contribution in [1.82, 2.24) is 15.5 Å². The highest BCUT2D eigenvalue weighted by molar-refractivity contribution is 5.79. The highest BCUT2D eigenvalue weighted by Crippen LogP contribution is 2.16. The normalized spacial score (nSPS) is 17.9. The zero-order valence-corrected chi connectivity index (χ0v) is 16.9. The Kier molecular flexibility index (Phi) is 8.92. The summed E-state index contributed by atoms with van der Waals surface area (Å²) < 4.78 is 5.17. The van der Waals surface area contributed by atoms with E-state index in [1.54, 1.807) is 7.11 Å². The summed E-state index contributed by atoms with van der Waals surface area (Å²) in [6.45, 7) is 10.5. The molecule has 146 valence electrons. The highest BCUT2D eigenvalue weighted by Gasteiger charge is 2.19. The van der Waals surface area contributed by atoms with Crippen LogP contribution >= 0.6 is 0 Å². The van der Waals surface area contributed by atoms with Crippen molar-refractivity contribution in [2.75, 3.05) is 53.5 Å². The van der Waals surface area contributed by atoms with Crippen molar-refractivity contribution in [3.63, 3.8) is 0 Å². The summed E-state index contributed by atoms with van der Waals surface area (Å²) in [7, 11) is 3.62. The van der Waals surface area contributed by atoms with Crippen molar-refractivity contribution in [2.45, 2.75) is 32.6 Å². The molecule has 26 heavy (non-hydrogen) atoms. The number of rotatable bonds is 8. The predicted molar refractivity (Wildman–Crippen MR) is 110 cm³/mol. The fourth-order valence-corrected chi connectivity index (χ4v) is 3.36. The molecule has 0 radical (unpaired) electrons. The molecule has 1 aliphatic rings. The third-order valence-electron chi connectivity index (χ3n) is 5.32. The average molecular weight is 361 g/mol. The summed E-state index contributed by atoms with van der Waals surface area (Å²) in [5, 5.41) is 6.98. The van der Waals surface area contributed by atoms with Gasteiger partial charge in [-0.25, -0.2) is 0 Å². The lowest BCUT2D eigenvalue weighted by molar-refractivity contribution is 0.121. The Hall–Kier alpha value is -1.59. The number of likely N-dealkylation sites (tertiary alicyclic amines) is 1. The number of methoxy groups -OCH3 is 1. The summed E-state index contributed by atoms with van der Waals surface area (Å²) in [4.78, 5) is 6.87. The molecule has 1 fully saturated rings. The maximum Gasteiger partial charge on any atom is 0.191 e. The number of hydrogen-bond acceptors (Lipinski definition) is 3. The fraction of sp³-hybridized carbons (Fsp3) is 0.667. The van der Waals surface area contributed by atoms with Crippen LogP contribution in [0.5, 0.6) is 0 Å². The van der Waals surface area contributed by atoms with Crippen LogP contribution in [0.25, 0.3) is 0 Å². The Morgan fingerprint density at radius 3 is 2.54 bits per heavy atom. The molecular weight excluding hydrogens is 324 g/mol. The first-order chi connectivity index (χ1) is 12.6. The zero-order chi connectivity index (χ0) is 18.8.